The van der Waals surface area contributed by atoms with Crippen LogP contribution < -0.4 is 0 Å². The van der Waals surface area contributed by atoms with Gasteiger partial charge in [0.25, 0.3) is 0 Å². The summed E-state index contributed by atoms with van der Waals surface area (Å²) in [6.07, 6.45) is 4.95. The molecule has 0 fully saturated rings. The highest BCUT2D eigenvalue weighted by molar-refractivity contribution is 6.07. The molecule has 4 aromatic heterocycles. The highest BCUT2D eigenvalue weighted by Crippen LogP contribution is 2.45. The summed E-state index contributed by atoms with van der Waals surface area (Å²) in [6, 6.07) is 40.7. The Labute approximate surface area is 225 Å². The molecule has 0 unspecified atom stereocenters. The Bertz CT molecular complexity index is 1800. The van der Waals surface area contributed by atoms with E-state index in [4.69, 9.17) is 4.98 Å². The second-order valence-electron chi connectivity index (χ2n) is 9.47. The highest BCUT2D eigenvalue weighted by atomic mass is 19.1. The molecular weight excluding hydrogens is 483 g/mol. The van der Waals surface area contributed by atoms with Crippen LogP contribution in [0.3, 0.4) is 0 Å². The Balaban J connectivity index is 1.68. The molecule has 0 N–H and O–H groups in total. The number of fused-ring (bicyclic) bond motifs is 3. The van der Waals surface area contributed by atoms with Crippen LogP contribution in [0.15, 0.2) is 140 Å². The van der Waals surface area contributed by atoms with Gasteiger partial charge in [0.05, 0.1) is 23.1 Å². The van der Waals surface area contributed by atoms with Gasteiger partial charge >= 0.3 is 0 Å². The number of nitrogens with zero attached hydrogens (tertiary/aromatic N) is 4. The van der Waals surface area contributed by atoms with Gasteiger partial charge in [0.1, 0.15) is 17.0 Å². The fourth-order valence-corrected chi connectivity index (χ4v) is 5.67. The van der Waals surface area contributed by atoms with Crippen molar-refractivity contribution in [3.05, 3.63) is 162 Å². The third kappa shape index (κ3) is 3.62. The smallest absolute Gasteiger partial charge is 0.143 e. The summed E-state index contributed by atoms with van der Waals surface area (Å²) < 4.78 is 16.0. The molecule has 0 atom stereocenters. The lowest BCUT2D eigenvalue weighted by Crippen LogP contribution is -2.37. The molecule has 0 bridgehead atoms. The topological polar surface area (TPSA) is 43.6 Å². The van der Waals surface area contributed by atoms with Gasteiger partial charge in [-0.15, -0.1) is 0 Å². The molecule has 0 aliphatic rings. The maximum absolute atomic E-state index is 13.7. The Morgan fingerprint density at radius 3 is 1.72 bits per heavy atom. The molecule has 7 rings (SSSR count). The molecule has 0 saturated heterocycles. The normalized spacial score (nSPS) is 11.7. The second kappa shape index (κ2) is 9.30. The van der Waals surface area contributed by atoms with Gasteiger partial charge in [-0.3, -0.25) is 9.97 Å². The molecule has 0 aliphatic carbocycles. The van der Waals surface area contributed by atoms with Gasteiger partial charge in [-0.25, -0.2) is 9.37 Å². The van der Waals surface area contributed by atoms with Crippen molar-refractivity contribution in [3.63, 3.8) is 0 Å². The SMILES string of the molecule is Fc1ccc(-c2ccc3c4cnccc4n(C(c4ccccc4)(c4ccccc4)c4ccccc4)c3n2)nc1. The van der Waals surface area contributed by atoms with Crippen LogP contribution in [0.1, 0.15) is 16.7 Å². The predicted molar refractivity (Wildman–Crippen MR) is 153 cm³/mol. The van der Waals surface area contributed by atoms with E-state index >= 15 is 0 Å². The van der Waals surface area contributed by atoms with Crippen LogP contribution in [0, 0.1) is 5.82 Å². The molecule has 39 heavy (non-hydrogen) atoms. The molecular formula is C34H23FN4. The minimum absolute atomic E-state index is 0.378. The fourth-order valence-electron chi connectivity index (χ4n) is 5.67. The van der Waals surface area contributed by atoms with Crippen LogP contribution >= 0.6 is 0 Å². The number of halogens is 1. The zero-order valence-corrected chi connectivity index (χ0v) is 20.9. The van der Waals surface area contributed by atoms with E-state index < -0.39 is 5.54 Å². The first-order chi connectivity index (χ1) is 19.3. The van der Waals surface area contributed by atoms with E-state index in [1.54, 1.807) is 6.07 Å². The van der Waals surface area contributed by atoms with Gasteiger partial charge in [0.2, 0.25) is 0 Å². The Morgan fingerprint density at radius 2 is 1.15 bits per heavy atom. The average molecular weight is 507 g/mol. The van der Waals surface area contributed by atoms with Crippen molar-refractivity contribution in [2.45, 2.75) is 5.54 Å². The molecule has 0 spiro atoms. The summed E-state index contributed by atoms with van der Waals surface area (Å²) in [7, 11) is 0. The quantitative estimate of drug-likeness (QED) is 0.226. The maximum atomic E-state index is 13.7. The summed E-state index contributed by atoms with van der Waals surface area (Å²) in [5, 5.41) is 1.99. The Morgan fingerprint density at radius 1 is 0.564 bits per heavy atom. The maximum Gasteiger partial charge on any atom is 0.143 e. The zero-order valence-electron chi connectivity index (χ0n) is 20.9. The predicted octanol–water partition coefficient (Wildman–Crippen LogP) is 7.63. The van der Waals surface area contributed by atoms with Crippen molar-refractivity contribution in [2.75, 3.05) is 0 Å². The molecule has 7 aromatic rings. The first-order valence-corrected chi connectivity index (χ1v) is 12.8. The molecule has 0 saturated carbocycles. The van der Waals surface area contributed by atoms with E-state index in [0.29, 0.717) is 11.4 Å². The fraction of sp³-hybridized carbons (Fsp3) is 0.0294. The van der Waals surface area contributed by atoms with Gasteiger partial charge in [0.15, 0.2) is 0 Å². The zero-order chi connectivity index (χ0) is 26.2. The van der Waals surface area contributed by atoms with Gasteiger partial charge in [0, 0.05) is 23.2 Å². The van der Waals surface area contributed by atoms with Crippen molar-refractivity contribution < 1.29 is 4.39 Å². The monoisotopic (exact) mass is 506 g/mol. The van der Waals surface area contributed by atoms with Gasteiger partial charge < -0.3 is 4.57 Å². The van der Waals surface area contributed by atoms with E-state index in [0.717, 1.165) is 38.6 Å². The first kappa shape index (κ1) is 23.0. The minimum atomic E-state index is -0.757. The molecule has 186 valence electrons. The average Bonchev–Trinajstić information content (AvgIpc) is 3.34. The van der Waals surface area contributed by atoms with E-state index in [2.05, 4.69) is 99.5 Å². The van der Waals surface area contributed by atoms with Gasteiger partial charge in [-0.1, -0.05) is 91.0 Å². The van der Waals surface area contributed by atoms with Crippen molar-refractivity contribution in [2.24, 2.45) is 0 Å². The molecule has 0 radical (unpaired) electrons. The van der Waals surface area contributed by atoms with Crippen molar-refractivity contribution in [3.8, 4) is 11.4 Å². The minimum Gasteiger partial charge on any atom is -0.307 e. The summed E-state index contributed by atoms with van der Waals surface area (Å²) >= 11 is 0. The van der Waals surface area contributed by atoms with E-state index in [-0.39, 0.29) is 5.82 Å². The Kier molecular flexibility index (Phi) is 5.48. The molecule has 0 aliphatic heterocycles. The van der Waals surface area contributed by atoms with Crippen molar-refractivity contribution >= 4 is 21.9 Å². The third-order valence-corrected chi connectivity index (χ3v) is 7.32. The van der Waals surface area contributed by atoms with Crippen LogP contribution in [-0.2, 0) is 5.54 Å². The summed E-state index contributed by atoms with van der Waals surface area (Å²) in [4.78, 5) is 14.0. The lowest BCUT2D eigenvalue weighted by atomic mass is 9.76. The molecule has 4 nitrogen and oxygen atoms in total. The second-order valence-corrected chi connectivity index (χ2v) is 9.47. The van der Waals surface area contributed by atoms with Gasteiger partial charge in [-0.2, -0.15) is 0 Å². The summed E-state index contributed by atoms with van der Waals surface area (Å²) in [6.45, 7) is 0. The van der Waals surface area contributed by atoms with Crippen LogP contribution in [-0.4, -0.2) is 19.5 Å². The van der Waals surface area contributed by atoms with Crippen LogP contribution in [0.4, 0.5) is 4.39 Å². The number of rotatable bonds is 5. The number of pyridine rings is 3. The molecule has 4 heterocycles. The van der Waals surface area contributed by atoms with Crippen LogP contribution in [0.25, 0.3) is 33.3 Å². The number of benzene rings is 3. The lowest BCUT2D eigenvalue weighted by molar-refractivity contribution is 0.546. The number of aromatic nitrogens is 4. The summed E-state index contributed by atoms with van der Waals surface area (Å²) in [5.74, 6) is -0.378. The van der Waals surface area contributed by atoms with Crippen molar-refractivity contribution in [1.29, 1.82) is 0 Å². The third-order valence-electron chi connectivity index (χ3n) is 7.32. The number of hydrogen-bond donors (Lipinski definition) is 0. The van der Waals surface area contributed by atoms with E-state index in [9.17, 15) is 4.39 Å². The van der Waals surface area contributed by atoms with Gasteiger partial charge in [-0.05, 0) is 47.0 Å². The largest absolute Gasteiger partial charge is 0.307 e. The summed E-state index contributed by atoms with van der Waals surface area (Å²) in [5.41, 5.74) is 5.62. The molecule has 0 amide bonds. The Hall–Kier alpha value is -5.16. The number of hydrogen-bond acceptors (Lipinski definition) is 3. The molecule has 5 heteroatoms. The standard InChI is InChI=1S/C34H23FN4/c35-27-16-18-30(37-22-27)31-19-17-28-29-23-36-21-20-32(29)39(33(28)38-31)34(24-10-4-1-5-11-24,25-12-6-2-7-13-25)26-14-8-3-9-15-26/h1-23H. The molecule has 3 aromatic carbocycles. The van der Waals surface area contributed by atoms with Crippen LogP contribution in [0.2, 0.25) is 0 Å². The lowest BCUT2D eigenvalue weighted by Gasteiger charge is -2.38. The van der Waals surface area contributed by atoms with E-state index in [1.807, 2.05) is 36.7 Å². The first-order valence-electron chi connectivity index (χ1n) is 12.8. The van der Waals surface area contributed by atoms with E-state index in [1.165, 1.54) is 12.3 Å². The van der Waals surface area contributed by atoms with Crippen LogP contribution in [0.5, 0.6) is 0 Å². The van der Waals surface area contributed by atoms with Crippen molar-refractivity contribution in [1.82, 2.24) is 19.5 Å². The highest BCUT2D eigenvalue weighted by Gasteiger charge is 2.41.